The van der Waals surface area contributed by atoms with Gasteiger partial charge in [0.1, 0.15) is 24.4 Å². The Morgan fingerprint density at radius 3 is 2.55 bits per heavy atom. The molecule has 1 amide bonds. The van der Waals surface area contributed by atoms with Gasteiger partial charge in [-0.15, -0.1) is 6.58 Å². The number of ether oxygens (including phenoxy) is 2. The highest BCUT2D eigenvalue weighted by Crippen LogP contribution is 2.23. The molecule has 154 valence electrons. The van der Waals surface area contributed by atoms with E-state index in [9.17, 15) is 15.0 Å². The number of rotatable bonds is 7. The molecule has 1 saturated heterocycles. The summed E-state index contributed by atoms with van der Waals surface area (Å²) < 4.78 is 11.2. The molecule has 0 unspecified atom stereocenters. The number of nitrogens with two attached hydrogens (primary N) is 1. The Kier molecular flexibility index (Phi) is 7.13. The number of aliphatic hydroxyl groups is 2. The summed E-state index contributed by atoms with van der Waals surface area (Å²) in [5, 5.41) is 23.5. The molecule has 5 N–H and O–H groups in total. The average molecular weight is 398 g/mol. The molecule has 0 aliphatic carbocycles. The topological polar surface area (TPSA) is 114 Å². The van der Waals surface area contributed by atoms with Crippen molar-refractivity contribution in [2.75, 3.05) is 13.2 Å². The first kappa shape index (κ1) is 21.2. The van der Waals surface area contributed by atoms with E-state index < -0.39 is 36.6 Å². The van der Waals surface area contributed by atoms with Gasteiger partial charge < -0.3 is 30.7 Å². The van der Waals surface area contributed by atoms with E-state index in [0.29, 0.717) is 5.56 Å². The lowest BCUT2D eigenvalue weighted by molar-refractivity contribution is -0.257. The summed E-state index contributed by atoms with van der Waals surface area (Å²) in [6.07, 6.45) is -2.78. The van der Waals surface area contributed by atoms with E-state index in [1.54, 1.807) is 18.2 Å². The van der Waals surface area contributed by atoms with Crippen molar-refractivity contribution in [2.24, 2.45) is 5.73 Å². The van der Waals surface area contributed by atoms with Crippen LogP contribution in [0.1, 0.15) is 10.4 Å². The molecule has 3 rings (SSSR count). The monoisotopic (exact) mass is 398 g/mol. The Morgan fingerprint density at radius 1 is 1.14 bits per heavy atom. The third-order valence-corrected chi connectivity index (χ3v) is 4.84. The van der Waals surface area contributed by atoms with Crippen LogP contribution in [-0.4, -0.2) is 59.9 Å². The highest BCUT2D eigenvalue weighted by Gasteiger charge is 2.45. The summed E-state index contributed by atoms with van der Waals surface area (Å²) in [5.74, 6) is -0.416. The molecule has 5 atom stereocenters. The summed E-state index contributed by atoms with van der Waals surface area (Å²) in [7, 11) is 0. The van der Waals surface area contributed by atoms with Gasteiger partial charge in [-0.05, 0) is 23.3 Å². The van der Waals surface area contributed by atoms with Crippen molar-refractivity contribution < 1.29 is 24.5 Å². The second kappa shape index (κ2) is 9.78. The quantitative estimate of drug-likeness (QED) is 0.519. The van der Waals surface area contributed by atoms with E-state index in [2.05, 4.69) is 11.9 Å². The number of hydrogen-bond acceptors (Lipinski definition) is 6. The van der Waals surface area contributed by atoms with Crippen molar-refractivity contribution in [3.63, 3.8) is 0 Å². The molecule has 1 heterocycles. The van der Waals surface area contributed by atoms with Crippen molar-refractivity contribution in [3.8, 4) is 11.1 Å². The number of aliphatic hydroxyl groups excluding tert-OH is 2. The van der Waals surface area contributed by atoms with E-state index in [4.69, 9.17) is 15.2 Å². The van der Waals surface area contributed by atoms with Crippen molar-refractivity contribution in [3.05, 3.63) is 72.8 Å². The summed E-state index contributed by atoms with van der Waals surface area (Å²) in [5.41, 5.74) is 7.88. The van der Waals surface area contributed by atoms with Crippen molar-refractivity contribution in [1.82, 2.24) is 5.32 Å². The lowest BCUT2D eigenvalue weighted by Gasteiger charge is -2.42. The maximum atomic E-state index is 12.9. The van der Waals surface area contributed by atoms with Crippen LogP contribution >= 0.6 is 0 Å². The number of amides is 1. The van der Waals surface area contributed by atoms with Crippen LogP contribution in [0, 0.1) is 0 Å². The second-order valence-corrected chi connectivity index (χ2v) is 6.83. The summed E-state index contributed by atoms with van der Waals surface area (Å²) in [6.45, 7) is 3.75. The molecule has 0 aromatic heterocycles. The molecule has 1 aliphatic rings. The number of carbonyl (C=O) groups excluding carboxylic acids is 1. The Labute approximate surface area is 169 Å². The molecule has 2 aromatic rings. The lowest BCUT2D eigenvalue weighted by atomic mass is 9.96. The Bertz CT molecular complexity index is 829. The van der Waals surface area contributed by atoms with E-state index in [1.165, 1.54) is 6.08 Å². The van der Waals surface area contributed by atoms with Crippen molar-refractivity contribution in [2.45, 2.75) is 30.6 Å². The van der Waals surface area contributed by atoms with Crippen molar-refractivity contribution in [1.29, 1.82) is 0 Å². The Balaban J connectivity index is 1.79. The first-order chi connectivity index (χ1) is 14.0. The highest BCUT2D eigenvalue weighted by molar-refractivity contribution is 5.95. The van der Waals surface area contributed by atoms with E-state index in [-0.39, 0.29) is 13.2 Å². The van der Waals surface area contributed by atoms with Crippen LogP contribution in [0.4, 0.5) is 0 Å². The molecule has 29 heavy (non-hydrogen) atoms. The zero-order chi connectivity index (χ0) is 20.8. The van der Waals surface area contributed by atoms with Crippen LogP contribution in [0.5, 0.6) is 0 Å². The van der Waals surface area contributed by atoms with Crippen LogP contribution < -0.4 is 11.1 Å². The molecule has 2 aromatic carbocycles. The van der Waals surface area contributed by atoms with Crippen molar-refractivity contribution >= 4 is 5.91 Å². The normalized spacial score (nSPS) is 26.7. The SMILES string of the molecule is C=CCO[C@H]1O[C@H](CN)[C@@H](O)[C@H](O)[C@H]1NC(=O)c1cccc(-c2ccccc2)c1. The summed E-state index contributed by atoms with van der Waals surface area (Å²) in [4.78, 5) is 12.9. The smallest absolute Gasteiger partial charge is 0.251 e. The van der Waals surface area contributed by atoms with E-state index in [0.717, 1.165) is 11.1 Å². The van der Waals surface area contributed by atoms with Gasteiger partial charge in [0.05, 0.1) is 6.61 Å². The number of carbonyl (C=O) groups is 1. The van der Waals surface area contributed by atoms with Crippen LogP contribution in [0.25, 0.3) is 11.1 Å². The molecule has 1 fully saturated rings. The fourth-order valence-electron chi connectivity index (χ4n) is 3.29. The van der Waals surface area contributed by atoms with Gasteiger partial charge in [0.2, 0.25) is 0 Å². The van der Waals surface area contributed by atoms with Gasteiger partial charge in [-0.3, -0.25) is 4.79 Å². The molecule has 0 spiro atoms. The van der Waals surface area contributed by atoms with Crippen LogP contribution in [0.3, 0.4) is 0 Å². The Morgan fingerprint density at radius 2 is 1.86 bits per heavy atom. The Hall–Kier alpha value is -2.55. The third kappa shape index (κ3) is 4.90. The molecule has 0 bridgehead atoms. The predicted molar refractivity (Wildman–Crippen MR) is 109 cm³/mol. The number of hydrogen-bond donors (Lipinski definition) is 4. The van der Waals surface area contributed by atoms with Gasteiger partial charge in [0.25, 0.3) is 5.91 Å². The maximum Gasteiger partial charge on any atom is 0.251 e. The maximum absolute atomic E-state index is 12.9. The van der Waals surface area contributed by atoms with Crippen LogP contribution in [0.15, 0.2) is 67.3 Å². The van der Waals surface area contributed by atoms with Gasteiger partial charge in [0.15, 0.2) is 6.29 Å². The average Bonchev–Trinajstić information content (AvgIpc) is 2.77. The fourth-order valence-corrected chi connectivity index (χ4v) is 3.29. The van der Waals surface area contributed by atoms with Gasteiger partial charge in [-0.1, -0.05) is 48.5 Å². The molecular weight excluding hydrogens is 372 g/mol. The number of nitrogens with one attached hydrogen (secondary N) is 1. The van der Waals surface area contributed by atoms with E-state index >= 15 is 0 Å². The first-order valence-electron chi connectivity index (χ1n) is 9.45. The van der Waals surface area contributed by atoms with Gasteiger partial charge in [0, 0.05) is 12.1 Å². The van der Waals surface area contributed by atoms with Gasteiger partial charge >= 0.3 is 0 Å². The zero-order valence-corrected chi connectivity index (χ0v) is 16.0. The van der Waals surface area contributed by atoms with Crippen LogP contribution in [0.2, 0.25) is 0 Å². The van der Waals surface area contributed by atoms with E-state index in [1.807, 2.05) is 36.4 Å². The molecule has 7 nitrogen and oxygen atoms in total. The molecule has 7 heteroatoms. The molecule has 0 radical (unpaired) electrons. The summed E-state index contributed by atoms with van der Waals surface area (Å²) in [6, 6.07) is 15.9. The minimum Gasteiger partial charge on any atom is -0.388 e. The highest BCUT2D eigenvalue weighted by atomic mass is 16.7. The first-order valence-corrected chi connectivity index (χ1v) is 9.45. The minimum absolute atomic E-state index is 0.00592. The molecular formula is C22H26N2O5. The minimum atomic E-state index is -1.30. The number of benzene rings is 2. The molecule has 1 aliphatic heterocycles. The largest absolute Gasteiger partial charge is 0.388 e. The second-order valence-electron chi connectivity index (χ2n) is 6.83. The molecule has 0 saturated carbocycles. The van der Waals surface area contributed by atoms with Gasteiger partial charge in [-0.25, -0.2) is 0 Å². The third-order valence-electron chi connectivity index (χ3n) is 4.84. The van der Waals surface area contributed by atoms with Gasteiger partial charge in [-0.2, -0.15) is 0 Å². The standard InChI is InChI=1S/C22H26N2O5/c1-2-11-28-22-18(20(26)19(25)17(13-23)29-22)24-21(27)16-10-6-9-15(12-16)14-7-4-3-5-8-14/h2-10,12,17-20,22,25-26H,1,11,13,23H2,(H,24,27)/t17-,18-,19-,20-,22+/m1/s1. The predicted octanol–water partition coefficient (Wildman–Crippen LogP) is 1.06. The lowest BCUT2D eigenvalue weighted by Crippen LogP contribution is -2.65. The zero-order valence-electron chi connectivity index (χ0n) is 16.0. The summed E-state index contributed by atoms with van der Waals surface area (Å²) >= 11 is 0. The fraction of sp³-hybridized carbons (Fsp3) is 0.318. The van der Waals surface area contributed by atoms with Crippen LogP contribution in [-0.2, 0) is 9.47 Å².